The minimum atomic E-state index is 0.596. The van der Waals surface area contributed by atoms with Crippen molar-refractivity contribution in [1.82, 2.24) is 24.1 Å². The molecule has 9 aromatic rings. The number of benzene rings is 6. The Balaban J connectivity index is 1.32. The quantitative estimate of drug-likeness (QED) is 0.205. The Hall–Kier alpha value is -6.07. The molecule has 3 heterocycles. The minimum Gasteiger partial charge on any atom is -0.309 e. The van der Waals surface area contributed by atoms with Gasteiger partial charge in [0.15, 0.2) is 11.6 Å². The van der Waals surface area contributed by atoms with E-state index in [-0.39, 0.29) is 0 Å². The second-order valence-electron chi connectivity index (χ2n) is 11.9. The molecule has 0 bridgehead atoms. The highest BCUT2D eigenvalue weighted by atomic mass is 15.2. The minimum absolute atomic E-state index is 0.596. The Bertz CT molecular complexity index is 2510. The van der Waals surface area contributed by atoms with Crippen LogP contribution in [0.15, 0.2) is 140 Å². The first kappa shape index (κ1) is 26.3. The lowest BCUT2D eigenvalue weighted by Crippen LogP contribution is -2.06. The van der Waals surface area contributed by atoms with Gasteiger partial charge in [0.25, 0.3) is 0 Å². The Morgan fingerprint density at radius 3 is 1.41 bits per heavy atom. The van der Waals surface area contributed by atoms with Crippen LogP contribution in [0.4, 0.5) is 0 Å². The van der Waals surface area contributed by atoms with Crippen molar-refractivity contribution >= 4 is 43.6 Å². The van der Waals surface area contributed by atoms with Crippen molar-refractivity contribution in [2.75, 3.05) is 0 Å². The van der Waals surface area contributed by atoms with Crippen molar-refractivity contribution in [3.8, 4) is 34.4 Å². The first-order chi connectivity index (χ1) is 22.6. The molecule has 3 aromatic heterocycles. The largest absolute Gasteiger partial charge is 0.309 e. The molecule has 6 aromatic carbocycles. The smallest absolute Gasteiger partial charge is 0.238 e. The molecule has 218 valence electrons. The van der Waals surface area contributed by atoms with E-state index in [4.69, 9.17) is 15.0 Å². The summed E-state index contributed by atoms with van der Waals surface area (Å²) in [6.07, 6.45) is 0. The molecule has 46 heavy (non-hydrogen) atoms. The predicted octanol–water partition coefficient (Wildman–Crippen LogP) is 10.0. The predicted molar refractivity (Wildman–Crippen MR) is 189 cm³/mol. The van der Waals surface area contributed by atoms with Crippen LogP contribution in [0, 0.1) is 13.8 Å². The third-order valence-corrected chi connectivity index (χ3v) is 8.87. The van der Waals surface area contributed by atoms with Crippen LogP contribution in [0.2, 0.25) is 0 Å². The summed E-state index contributed by atoms with van der Waals surface area (Å²) < 4.78 is 4.55. The Morgan fingerprint density at radius 1 is 0.391 bits per heavy atom. The van der Waals surface area contributed by atoms with Gasteiger partial charge in [0.05, 0.1) is 22.1 Å². The van der Waals surface area contributed by atoms with Gasteiger partial charge in [-0.1, -0.05) is 102 Å². The molecule has 5 heteroatoms. The molecule has 0 atom stereocenters. The van der Waals surface area contributed by atoms with Crippen molar-refractivity contribution < 1.29 is 0 Å². The number of aromatic nitrogens is 5. The highest BCUT2D eigenvalue weighted by Gasteiger charge is 2.19. The molecule has 9 rings (SSSR count). The van der Waals surface area contributed by atoms with Crippen LogP contribution >= 0.6 is 0 Å². The summed E-state index contributed by atoms with van der Waals surface area (Å²) in [5.74, 6) is 1.90. The zero-order chi connectivity index (χ0) is 30.8. The SMILES string of the molecule is Cc1cccc(-c2nc(-c3cccc(C)c3)nc(-n3c4ccccc4c4cc(-n5c6ccccc6c6ccccc65)ccc43)n2)c1. The molecular weight excluding hydrogens is 562 g/mol. The molecule has 0 N–H and O–H groups in total. The van der Waals surface area contributed by atoms with Crippen LogP contribution in [0.25, 0.3) is 78.0 Å². The number of nitrogens with zero attached hydrogens (tertiary/aromatic N) is 5. The van der Waals surface area contributed by atoms with Crippen LogP contribution in [0.1, 0.15) is 11.1 Å². The van der Waals surface area contributed by atoms with Gasteiger partial charge in [0, 0.05) is 38.4 Å². The van der Waals surface area contributed by atoms with E-state index in [1.807, 2.05) is 0 Å². The first-order valence-electron chi connectivity index (χ1n) is 15.5. The molecule has 0 amide bonds. The molecule has 0 aliphatic carbocycles. The van der Waals surface area contributed by atoms with Gasteiger partial charge in [0.2, 0.25) is 5.95 Å². The summed E-state index contributed by atoms with van der Waals surface area (Å²) in [6.45, 7) is 4.18. The van der Waals surface area contributed by atoms with E-state index in [0.29, 0.717) is 17.6 Å². The number of aryl methyl sites for hydroxylation is 2. The van der Waals surface area contributed by atoms with Crippen LogP contribution in [-0.2, 0) is 0 Å². The van der Waals surface area contributed by atoms with Gasteiger partial charge >= 0.3 is 0 Å². The van der Waals surface area contributed by atoms with Crippen molar-refractivity contribution in [2.24, 2.45) is 0 Å². The van der Waals surface area contributed by atoms with E-state index in [1.54, 1.807) is 0 Å². The fraction of sp³-hybridized carbons (Fsp3) is 0.0488. The van der Waals surface area contributed by atoms with Crippen LogP contribution in [-0.4, -0.2) is 24.1 Å². The van der Waals surface area contributed by atoms with E-state index < -0.39 is 0 Å². The fourth-order valence-electron chi connectivity index (χ4n) is 6.81. The van der Waals surface area contributed by atoms with E-state index in [1.165, 1.54) is 21.8 Å². The fourth-order valence-corrected chi connectivity index (χ4v) is 6.81. The molecule has 0 unspecified atom stereocenters. The summed E-state index contributed by atoms with van der Waals surface area (Å²) in [5, 5.41) is 4.79. The maximum absolute atomic E-state index is 5.13. The molecule has 0 saturated carbocycles. The highest BCUT2D eigenvalue weighted by Crippen LogP contribution is 2.37. The zero-order valence-electron chi connectivity index (χ0n) is 25.5. The molecule has 0 radical (unpaired) electrons. The van der Waals surface area contributed by atoms with Gasteiger partial charge in [-0.15, -0.1) is 0 Å². The van der Waals surface area contributed by atoms with E-state index in [9.17, 15) is 0 Å². The molecular formula is C41H29N5. The summed E-state index contributed by atoms with van der Waals surface area (Å²) in [4.78, 5) is 15.2. The van der Waals surface area contributed by atoms with Gasteiger partial charge in [-0.25, -0.2) is 4.98 Å². The van der Waals surface area contributed by atoms with Crippen molar-refractivity contribution in [2.45, 2.75) is 13.8 Å². The summed E-state index contributed by atoms with van der Waals surface area (Å²) in [6, 6.07) is 49.2. The lowest BCUT2D eigenvalue weighted by Gasteiger charge is -2.12. The third-order valence-electron chi connectivity index (χ3n) is 8.87. The van der Waals surface area contributed by atoms with E-state index in [2.05, 4.69) is 163 Å². The second kappa shape index (κ2) is 10.2. The molecule has 0 aliphatic rings. The van der Waals surface area contributed by atoms with Crippen LogP contribution in [0.5, 0.6) is 0 Å². The number of hydrogen-bond acceptors (Lipinski definition) is 3. The standard InChI is InChI=1S/C41H29N5/c1-26-11-9-13-28(23-26)39-42-40(29-14-10-12-27(2)24-29)44-41(43-39)46-37-20-8-5-17-33(37)34-25-30(21-22-38(34)46)45-35-18-6-3-15-31(35)32-16-4-7-19-36(32)45/h3-25H,1-2H3. The normalized spacial score (nSPS) is 11.7. The third kappa shape index (κ3) is 4.13. The van der Waals surface area contributed by atoms with Crippen LogP contribution in [0.3, 0.4) is 0 Å². The van der Waals surface area contributed by atoms with Crippen molar-refractivity contribution in [3.63, 3.8) is 0 Å². The van der Waals surface area contributed by atoms with Crippen molar-refractivity contribution in [3.05, 3.63) is 151 Å². The second-order valence-corrected chi connectivity index (χ2v) is 11.9. The average molecular weight is 592 g/mol. The number of para-hydroxylation sites is 3. The molecule has 0 fully saturated rings. The number of rotatable bonds is 4. The molecule has 0 saturated heterocycles. The molecule has 0 aliphatic heterocycles. The number of fused-ring (bicyclic) bond motifs is 6. The Labute approximate surface area is 266 Å². The highest BCUT2D eigenvalue weighted by molar-refractivity contribution is 6.12. The topological polar surface area (TPSA) is 48.5 Å². The number of hydrogen-bond donors (Lipinski definition) is 0. The van der Waals surface area contributed by atoms with Crippen LogP contribution < -0.4 is 0 Å². The van der Waals surface area contributed by atoms with E-state index in [0.717, 1.165) is 49.7 Å². The van der Waals surface area contributed by atoms with Gasteiger partial charge in [-0.05, 0) is 62.4 Å². The maximum atomic E-state index is 5.13. The lowest BCUT2D eigenvalue weighted by molar-refractivity contribution is 0.953. The van der Waals surface area contributed by atoms with Crippen molar-refractivity contribution in [1.29, 1.82) is 0 Å². The van der Waals surface area contributed by atoms with Gasteiger partial charge in [-0.2, -0.15) is 9.97 Å². The Morgan fingerprint density at radius 2 is 0.870 bits per heavy atom. The average Bonchev–Trinajstić information content (AvgIpc) is 3.61. The Kier molecular flexibility index (Phi) is 5.87. The monoisotopic (exact) mass is 591 g/mol. The molecule has 5 nitrogen and oxygen atoms in total. The zero-order valence-corrected chi connectivity index (χ0v) is 25.5. The lowest BCUT2D eigenvalue weighted by atomic mass is 10.1. The summed E-state index contributed by atoms with van der Waals surface area (Å²) in [7, 11) is 0. The maximum Gasteiger partial charge on any atom is 0.238 e. The van der Waals surface area contributed by atoms with Gasteiger partial charge < -0.3 is 4.57 Å². The summed E-state index contributed by atoms with van der Waals surface area (Å²) >= 11 is 0. The van der Waals surface area contributed by atoms with Gasteiger partial charge in [-0.3, -0.25) is 4.57 Å². The molecule has 0 spiro atoms. The van der Waals surface area contributed by atoms with Gasteiger partial charge in [0.1, 0.15) is 0 Å². The first-order valence-corrected chi connectivity index (χ1v) is 15.5. The van der Waals surface area contributed by atoms with E-state index >= 15 is 0 Å². The summed E-state index contributed by atoms with van der Waals surface area (Å²) in [5.41, 5.74) is 9.83.